The minimum absolute atomic E-state index is 0.00321. The van der Waals surface area contributed by atoms with Crippen LogP contribution in [0.5, 0.6) is 5.75 Å². The molecule has 1 aromatic heterocycles. The summed E-state index contributed by atoms with van der Waals surface area (Å²) in [6.07, 6.45) is -0.657. The lowest BCUT2D eigenvalue weighted by molar-refractivity contribution is 0.0782. The monoisotopic (exact) mass is 302 g/mol. The molecule has 0 radical (unpaired) electrons. The zero-order valence-corrected chi connectivity index (χ0v) is 12.1. The normalized spacial score (nSPS) is 12.5. The lowest BCUT2D eigenvalue weighted by Crippen LogP contribution is -2.39. The highest BCUT2D eigenvalue weighted by Crippen LogP contribution is 2.16. The van der Waals surface area contributed by atoms with Crippen molar-refractivity contribution in [1.29, 1.82) is 0 Å². The van der Waals surface area contributed by atoms with Crippen LogP contribution in [0, 0.1) is 5.92 Å². The number of amides is 1. The van der Waals surface area contributed by atoms with Crippen molar-refractivity contribution < 1.29 is 23.4 Å². The van der Waals surface area contributed by atoms with Crippen molar-refractivity contribution in [1.82, 2.24) is 10.3 Å². The van der Waals surface area contributed by atoms with Gasteiger partial charge < -0.3 is 15.2 Å². The molecule has 1 unspecified atom stereocenters. The molecule has 0 saturated heterocycles. The molecule has 0 aromatic carbocycles. The molecule has 0 bridgehead atoms. The maximum atomic E-state index is 12.2. The molecule has 5 nitrogen and oxygen atoms in total. The van der Waals surface area contributed by atoms with E-state index < -0.39 is 25.0 Å². The first-order valence-corrected chi connectivity index (χ1v) is 6.71. The third-order valence-corrected chi connectivity index (χ3v) is 2.66. The number of hydrogen-bond acceptors (Lipinski definition) is 4. The molecular formula is C14H20F2N2O3. The average Bonchev–Trinajstić information content (AvgIpc) is 2.44. The van der Waals surface area contributed by atoms with Crippen LogP contribution in [0.15, 0.2) is 18.3 Å². The Hall–Kier alpha value is -1.76. The second-order valence-corrected chi connectivity index (χ2v) is 5.03. The highest BCUT2D eigenvalue weighted by atomic mass is 19.3. The van der Waals surface area contributed by atoms with Crippen LogP contribution in [0.2, 0.25) is 0 Å². The molecule has 0 aliphatic rings. The number of carbonyl (C=O) groups excluding carboxylic acids is 1. The van der Waals surface area contributed by atoms with Crippen molar-refractivity contribution in [2.45, 2.75) is 32.7 Å². The van der Waals surface area contributed by atoms with Crippen LogP contribution < -0.4 is 10.1 Å². The van der Waals surface area contributed by atoms with Crippen molar-refractivity contribution >= 4 is 5.91 Å². The largest absolute Gasteiger partial charge is 0.485 e. The fraction of sp³-hybridized carbons (Fsp3) is 0.571. The molecule has 0 aliphatic heterocycles. The lowest BCUT2D eigenvalue weighted by atomic mass is 10.0. The number of hydrogen-bond donors (Lipinski definition) is 2. The number of carbonyl (C=O) groups is 1. The molecule has 0 spiro atoms. The Labute approximate surface area is 122 Å². The summed E-state index contributed by atoms with van der Waals surface area (Å²) < 4.78 is 29.2. The number of aliphatic hydroxyl groups excluding tert-OH is 1. The molecule has 1 atom stereocenters. The number of nitrogens with zero attached hydrogens (tertiary/aromatic N) is 1. The zero-order chi connectivity index (χ0) is 15.8. The van der Waals surface area contributed by atoms with E-state index in [0.29, 0.717) is 12.3 Å². The highest BCUT2D eigenvalue weighted by Gasteiger charge is 2.19. The van der Waals surface area contributed by atoms with Crippen LogP contribution in [0.3, 0.4) is 0 Å². The SMILES string of the molecule is CC(C)CC(CO)NC(=O)c1ncccc1OCC(F)F. The second-order valence-electron chi connectivity index (χ2n) is 5.03. The maximum Gasteiger partial charge on any atom is 0.274 e. The van der Waals surface area contributed by atoms with Gasteiger partial charge in [-0.25, -0.2) is 13.8 Å². The Morgan fingerprint density at radius 1 is 1.48 bits per heavy atom. The standard InChI is InChI=1S/C14H20F2N2O3/c1-9(2)6-10(7-19)18-14(20)13-11(4-3-5-17-13)21-8-12(15)16/h3-5,9-10,12,19H,6-8H2,1-2H3,(H,18,20). The third kappa shape index (κ3) is 6.03. The first-order valence-electron chi connectivity index (χ1n) is 6.71. The van der Waals surface area contributed by atoms with E-state index in [1.165, 1.54) is 18.3 Å². The van der Waals surface area contributed by atoms with Gasteiger partial charge in [-0.15, -0.1) is 0 Å². The van der Waals surface area contributed by atoms with E-state index in [1.807, 2.05) is 13.8 Å². The van der Waals surface area contributed by atoms with Gasteiger partial charge in [0.2, 0.25) is 0 Å². The number of rotatable bonds is 8. The Morgan fingerprint density at radius 3 is 2.76 bits per heavy atom. The lowest BCUT2D eigenvalue weighted by Gasteiger charge is -2.18. The first kappa shape index (κ1) is 17.3. The Morgan fingerprint density at radius 2 is 2.19 bits per heavy atom. The van der Waals surface area contributed by atoms with Crippen LogP contribution in [-0.4, -0.2) is 41.7 Å². The molecule has 0 saturated carbocycles. The molecule has 1 rings (SSSR count). The third-order valence-electron chi connectivity index (χ3n) is 2.66. The molecule has 7 heteroatoms. The number of aliphatic hydroxyl groups is 1. The fourth-order valence-electron chi connectivity index (χ4n) is 1.83. The number of halogens is 2. The van der Waals surface area contributed by atoms with E-state index in [2.05, 4.69) is 10.3 Å². The Bertz CT molecular complexity index is 456. The topological polar surface area (TPSA) is 71.5 Å². The van der Waals surface area contributed by atoms with E-state index in [1.54, 1.807) is 0 Å². The van der Waals surface area contributed by atoms with Gasteiger partial charge in [-0.1, -0.05) is 13.8 Å². The summed E-state index contributed by atoms with van der Waals surface area (Å²) in [6.45, 7) is 2.92. The van der Waals surface area contributed by atoms with Crippen molar-refractivity contribution in [2.75, 3.05) is 13.2 Å². The van der Waals surface area contributed by atoms with Crippen molar-refractivity contribution in [3.05, 3.63) is 24.0 Å². The molecular weight excluding hydrogens is 282 g/mol. The van der Waals surface area contributed by atoms with Gasteiger partial charge in [-0.3, -0.25) is 4.79 Å². The molecule has 1 heterocycles. The molecule has 0 aliphatic carbocycles. The summed E-state index contributed by atoms with van der Waals surface area (Å²) in [5.74, 6) is -0.267. The fourth-order valence-corrected chi connectivity index (χ4v) is 1.83. The van der Waals surface area contributed by atoms with Gasteiger partial charge in [-0.2, -0.15) is 0 Å². The number of pyridine rings is 1. The smallest absolute Gasteiger partial charge is 0.274 e. The predicted molar refractivity (Wildman–Crippen MR) is 73.5 cm³/mol. The average molecular weight is 302 g/mol. The van der Waals surface area contributed by atoms with E-state index in [4.69, 9.17) is 4.74 Å². The quantitative estimate of drug-likeness (QED) is 0.769. The molecule has 21 heavy (non-hydrogen) atoms. The zero-order valence-electron chi connectivity index (χ0n) is 12.1. The van der Waals surface area contributed by atoms with Gasteiger partial charge in [0.15, 0.2) is 11.4 Å². The van der Waals surface area contributed by atoms with Gasteiger partial charge in [0.1, 0.15) is 6.61 Å². The number of alkyl halides is 2. The summed E-state index contributed by atoms with van der Waals surface area (Å²) >= 11 is 0. The van der Waals surface area contributed by atoms with Gasteiger partial charge in [0, 0.05) is 6.20 Å². The molecule has 2 N–H and O–H groups in total. The minimum Gasteiger partial charge on any atom is -0.485 e. The number of ether oxygens (including phenoxy) is 1. The van der Waals surface area contributed by atoms with Gasteiger partial charge in [-0.05, 0) is 24.5 Å². The van der Waals surface area contributed by atoms with E-state index in [-0.39, 0.29) is 18.1 Å². The van der Waals surface area contributed by atoms with Crippen molar-refractivity contribution in [3.63, 3.8) is 0 Å². The first-order chi connectivity index (χ1) is 9.93. The highest BCUT2D eigenvalue weighted by molar-refractivity contribution is 5.95. The summed E-state index contributed by atoms with van der Waals surface area (Å²) in [7, 11) is 0. The van der Waals surface area contributed by atoms with Gasteiger partial charge in [0.25, 0.3) is 12.3 Å². The van der Waals surface area contributed by atoms with Crippen molar-refractivity contribution in [2.24, 2.45) is 5.92 Å². The van der Waals surface area contributed by atoms with E-state index in [0.717, 1.165) is 0 Å². The van der Waals surface area contributed by atoms with E-state index >= 15 is 0 Å². The second kappa shape index (κ2) is 8.51. The minimum atomic E-state index is -2.63. The molecule has 0 fully saturated rings. The van der Waals surface area contributed by atoms with Gasteiger partial charge >= 0.3 is 0 Å². The summed E-state index contributed by atoms with van der Waals surface area (Å²) in [5.41, 5.74) is -0.0691. The van der Waals surface area contributed by atoms with Gasteiger partial charge in [0.05, 0.1) is 12.6 Å². The number of nitrogens with one attached hydrogen (secondary N) is 1. The summed E-state index contributed by atoms with van der Waals surface area (Å²) in [4.78, 5) is 16.0. The van der Waals surface area contributed by atoms with Crippen LogP contribution >= 0.6 is 0 Å². The molecule has 118 valence electrons. The molecule has 1 aromatic rings. The molecule has 1 amide bonds. The predicted octanol–water partition coefficient (Wildman–Crippen LogP) is 1.86. The van der Waals surface area contributed by atoms with Crippen LogP contribution in [-0.2, 0) is 0 Å². The van der Waals surface area contributed by atoms with Crippen LogP contribution in [0.1, 0.15) is 30.8 Å². The van der Waals surface area contributed by atoms with E-state index in [9.17, 15) is 18.7 Å². The van der Waals surface area contributed by atoms with Crippen molar-refractivity contribution in [3.8, 4) is 5.75 Å². The summed E-state index contributed by atoms with van der Waals surface area (Å²) in [6, 6.07) is 2.48. The maximum absolute atomic E-state index is 12.2. The Balaban J connectivity index is 2.76. The van der Waals surface area contributed by atoms with Crippen LogP contribution in [0.4, 0.5) is 8.78 Å². The van der Waals surface area contributed by atoms with Crippen LogP contribution in [0.25, 0.3) is 0 Å². The number of aromatic nitrogens is 1. The Kier molecular flexibility index (Phi) is 7.01. The summed E-state index contributed by atoms with van der Waals surface area (Å²) in [5, 5.41) is 11.9.